The summed E-state index contributed by atoms with van der Waals surface area (Å²) in [5.74, 6) is 0.737. The number of amides is 1. The number of halogens is 1. The number of nitrogens with one attached hydrogen (secondary N) is 2. The summed E-state index contributed by atoms with van der Waals surface area (Å²) in [5.41, 5.74) is 3.89. The van der Waals surface area contributed by atoms with E-state index in [2.05, 4.69) is 10.3 Å². The van der Waals surface area contributed by atoms with Gasteiger partial charge in [-0.05, 0) is 42.3 Å². The van der Waals surface area contributed by atoms with Gasteiger partial charge in [0.15, 0.2) is 0 Å². The molecule has 0 saturated heterocycles. The minimum Gasteiger partial charge on any atom is -0.497 e. The molecule has 3 rings (SSSR count). The molecule has 2 N–H and O–H groups in total. The molecule has 124 valence electrons. The molecule has 1 amide bonds. The van der Waals surface area contributed by atoms with Gasteiger partial charge in [-0.1, -0.05) is 29.8 Å². The number of ether oxygens (including phenoxy) is 1. The van der Waals surface area contributed by atoms with Gasteiger partial charge in [0.25, 0.3) is 0 Å². The number of aromatic amines is 1. The highest BCUT2D eigenvalue weighted by Gasteiger charge is 2.13. The number of carbonyl (C=O) groups is 1. The minimum absolute atomic E-state index is 0.0401. The van der Waals surface area contributed by atoms with Gasteiger partial charge < -0.3 is 15.0 Å². The van der Waals surface area contributed by atoms with Crippen molar-refractivity contribution in [3.63, 3.8) is 0 Å². The molecule has 0 bridgehead atoms. The Morgan fingerprint density at radius 3 is 2.79 bits per heavy atom. The standard InChI is InChI=1S/C19H19ClN2O2/c1-12-15(16-9-14(24-2)7-8-18(16)22-12)10-19(23)21-11-13-5-3-4-6-17(13)20/h3-9,22H,10-11H2,1-2H3,(H,21,23). The number of methoxy groups -OCH3 is 1. The first kappa shape index (κ1) is 16.4. The van der Waals surface area contributed by atoms with Crippen LogP contribution in [0.15, 0.2) is 42.5 Å². The Hall–Kier alpha value is -2.46. The highest BCUT2D eigenvalue weighted by atomic mass is 35.5. The Morgan fingerprint density at radius 1 is 1.25 bits per heavy atom. The third kappa shape index (κ3) is 3.39. The molecular formula is C19H19ClN2O2. The number of rotatable bonds is 5. The van der Waals surface area contributed by atoms with E-state index < -0.39 is 0 Å². The molecule has 5 heteroatoms. The fourth-order valence-electron chi connectivity index (χ4n) is 2.77. The van der Waals surface area contributed by atoms with Gasteiger partial charge in [0, 0.05) is 28.2 Å². The zero-order chi connectivity index (χ0) is 17.1. The molecule has 0 radical (unpaired) electrons. The largest absolute Gasteiger partial charge is 0.497 e. The van der Waals surface area contributed by atoms with Crippen molar-refractivity contribution >= 4 is 28.4 Å². The van der Waals surface area contributed by atoms with Crippen molar-refractivity contribution in [2.75, 3.05) is 7.11 Å². The zero-order valence-corrected chi connectivity index (χ0v) is 14.4. The summed E-state index contributed by atoms with van der Waals surface area (Å²) in [5, 5.41) is 4.60. The van der Waals surface area contributed by atoms with Crippen molar-refractivity contribution in [3.05, 3.63) is 64.3 Å². The number of hydrogen-bond donors (Lipinski definition) is 2. The first-order chi connectivity index (χ1) is 11.6. The van der Waals surface area contributed by atoms with E-state index in [-0.39, 0.29) is 5.91 Å². The highest BCUT2D eigenvalue weighted by Crippen LogP contribution is 2.26. The fourth-order valence-corrected chi connectivity index (χ4v) is 2.98. The Balaban J connectivity index is 1.75. The van der Waals surface area contributed by atoms with Gasteiger partial charge >= 0.3 is 0 Å². The summed E-state index contributed by atoms with van der Waals surface area (Å²) >= 11 is 6.12. The van der Waals surface area contributed by atoms with E-state index in [9.17, 15) is 4.79 Å². The number of aryl methyl sites for hydroxylation is 1. The average molecular weight is 343 g/mol. The SMILES string of the molecule is COc1ccc2[nH]c(C)c(CC(=O)NCc3ccccc3Cl)c2c1. The number of carbonyl (C=O) groups excluding carboxylic acids is 1. The van der Waals surface area contributed by atoms with Crippen molar-refractivity contribution < 1.29 is 9.53 Å². The first-order valence-electron chi connectivity index (χ1n) is 7.74. The summed E-state index contributed by atoms with van der Waals surface area (Å²) in [6.07, 6.45) is 0.309. The van der Waals surface area contributed by atoms with Gasteiger partial charge in [-0.15, -0.1) is 0 Å². The summed E-state index contributed by atoms with van der Waals surface area (Å²) in [7, 11) is 1.64. The average Bonchev–Trinajstić information content (AvgIpc) is 2.89. The topological polar surface area (TPSA) is 54.1 Å². The van der Waals surface area contributed by atoms with Crippen LogP contribution in [0.1, 0.15) is 16.8 Å². The predicted molar refractivity (Wildman–Crippen MR) is 96.6 cm³/mol. The molecule has 0 fully saturated rings. The monoisotopic (exact) mass is 342 g/mol. The second-order valence-corrected chi connectivity index (χ2v) is 6.09. The van der Waals surface area contributed by atoms with Crippen molar-refractivity contribution in [1.82, 2.24) is 10.3 Å². The van der Waals surface area contributed by atoms with E-state index in [1.165, 1.54) is 0 Å². The van der Waals surface area contributed by atoms with Crippen LogP contribution in [-0.4, -0.2) is 18.0 Å². The molecule has 0 aliphatic rings. The Morgan fingerprint density at radius 2 is 2.04 bits per heavy atom. The van der Waals surface area contributed by atoms with Gasteiger partial charge in [0.1, 0.15) is 5.75 Å². The van der Waals surface area contributed by atoms with Crippen LogP contribution in [0.25, 0.3) is 10.9 Å². The van der Waals surface area contributed by atoms with Crippen molar-refractivity contribution in [2.24, 2.45) is 0 Å². The number of benzene rings is 2. The third-order valence-electron chi connectivity index (χ3n) is 4.10. The number of H-pyrrole nitrogens is 1. The zero-order valence-electron chi connectivity index (χ0n) is 13.7. The summed E-state index contributed by atoms with van der Waals surface area (Å²) < 4.78 is 5.28. The normalized spacial score (nSPS) is 10.8. The first-order valence-corrected chi connectivity index (χ1v) is 8.11. The maximum atomic E-state index is 12.3. The summed E-state index contributed by atoms with van der Waals surface area (Å²) in [4.78, 5) is 15.7. The molecule has 0 spiro atoms. The summed E-state index contributed by atoms with van der Waals surface area (Å²) in [6, 6.07) is 13.3. The molecule has 0 atom stereocenters. The number of hydrogen-bond acceptors (Lipinski definition) is 2. The molecule has 0 saturated carbocycles. The molecule has 1 heterocycles. The lowest BCUT2D eigenvalue weighted by Crippen LogP contribution is -2.24. The van der Waals surface area contributed by atoms with Crippen LogP contribution >= 0.6 is 11.6 Å². The lowest BCUT2D eigenvalue weighted by molar-refractivity contribution is -0.120. The van der Waals surface area contributed by atoms with Crippen LogP contribution in [0.3, 0.4) is 0 Å². The van der Waals surface area contributed by atoms with Gasteiger partial charge in [0.05, 0.1) is 13.5 Å². The molecule has 1 aromatic heterocycles. The van der Waals surface area contributed by atoms with Crippen LogP contribution in [0.2, 0.25) is 5.02 Å². The number of fused-ring (bicyclic) bond motifs is 1. The Kier molecular flexibility index (Phi) is 4.76. The quantitative estimate of drug-likeness (QED) is 0.736. The number of aromatic nitrogens is 1. The molecule has 0 aliphatic carbocycles. The van der Waals surface area contributed by atoms with Crippen LogP contribution in [0, 0.1) is 6.92 Å². The molecule has 0 unspecified atom stereocenters. The maximum absolute atomic E-state index is 12.3. The fraction of sp³-hybridized carbons (Fsp3) is 0.211. The summed E-state index contributed by atoms with van der Waals surface area (Å²) in [6.45, 7) is 2.40. The van der Waals surface area contributed by atoms with E-state index in [4.69, 9.17) is 16.3 Å². The van der Waals surface area contributed by atoms with E-state index in [0.29, 0.717) is 18.0 Å². The van der Waals surface area contributed by atoms with Gasteiger partial charge in [-0.3, -0.25) is 4.79 Å². The minimum atomic E-state index is -0.0401. The second kappa shape index (κ2) is 6.97. The van der Waals surface area contributed by atoms with Crippen LogP contribution in [0.5, 0.6) is 5.75 Å². The van der Waals surface area contributed by atoms with Crippen LogP contribution in [0.4, 0.5) is 0 Å². The van der Waals surface area contributed by atoms with E-state index in [1.807, 2.05) is 49.4 Å². The van der Waals surface area contributed by atoms with E-state index >= 15 is 0 Å². The smallest absolute Gasteiger partial charge is 0.224 e. The molecule has 0 aliphatic heterocycles. The Labute approximate surface area is 145 Å². The van der Waals surface area contributed by atoms with Crippen LogP contribution in [-0.2, 0) is 17.8 Å². The Bertz CT molecular complexity index is 886. The van der Waals surface area contributed by atoms with Crippen LogP contribution < -0.4 is 10.1 Å². The lowest BCUT2D eigenvalue weighted by atomic mass is 10.1. The van der Waals surface area contributed by atoms with Crippen molar-refractivity contribution in [1.29, 1.82) is 0 Å². The molecule has 4 nitrogen and oxygen atoms in total. The van der Waals surface area contributed by atoms with E-state index in [0.717, 1.165) is 33.5 Å². The second-order valence-electron chi connectivity index (χ2n) is 5.68. The van der Waals surface area contributed by atoms with E-state index in [1.54, 1.807) is 7.11 Å². The lowest BCUT2D eigenvalue weighted by Gasteiger charge is -2.07. The predicted octanol–water partition coefficient (Wildman–Crippen LogP) is 4.00. The van der Waals surface area contributed by atoms with Crippen molar-refractivity contribution in [2.45, 2.75) is 19.9 Å². The van der Waals surface area contributed by atoms with Gasteiger partial charge in [0.2, 0.25) is 5.91 Å². The molecule has 2 aromatic carbocycles. The molecule has 24 heavy (non-hydrogen) atoms. The van der Waals surface area contributed by atoms with Gasteiger partial charge in [-0.2, -0.15) is 0 Å². The molecule has 3 aromatic rings. The maximum Gasteiger partial charge on any atom is 0.224 e. The third-order valence-corrected chi connectivity index (χ3v) is 4.47. The molecular weight excluding hydrogens is 324 g/mol. The van der Waals surface area contributed by atoms with Crippen molar-refractivity contribution in [3.8, 4) is 5.75 Å². The highest BCUT2D eigenvalue weighted by molar-refractivity contribution is 6.31. The van der Waals surface area contributed by atoms with Gasteiger partial charge in [-0.25, -0.2) is 0 Å².